The molecule has 0 atom stereocenters. The molecule has 0 N–H and O–H groups in total. The standard InChI is InChI=1S/C54H31BN4/c1-3-16-32(17-4-1)56-43-29-12-9-22-37(43)47-52(56)46-36-21-8-11-28-42(36)57(33-18-5-2-6-19-33)53(46)48-38-24-14-26-40-51(38)59(54(47)48)45-31-15-30-44-49(45)55(40)39-25-13-23-35-34-20-7-10-27-41(34)58(44)50(35)39/h1-31H. The van der Waals surface area contributed by atoms with Gasteiger partial charge in [-0.3, -0.25) is 0 Å². The number of hydrogen-bond donors (Lipinski definition) is 0. The first-order valence-electron chi connectivity index (χ1n) is 20.6. The Bertz CT molecular complexity index is 4010. The van der Waals surface area contributed by atoms with E-state index in [2.05, 4.69) is 206 Å². The molecule has 0 spiro atoms. The highest BCUT2D eigenvalue weighted by Gasteiger charge is 2.41. The molecule has 59 heavy (non-hydrogen) atoms. The van der Waals surface area contributed by atoms with Gasteiger partial charge in [0.2, 0.25) is 0 Å². The van der Waals surface area contributed by atoms with Gasteiger partial charge in [-0.05, 0) is 71.0 Å². The van der Waals surface area contributed by atoms with Crippen LogP contribution in [0.4, 0.5) is 0 Å². The lowest BCUT2D eigenvalue weighted by Crippen LogP contribution is -2.59. The summed E-state index contributed by atoms with van der Waals surface area (Å²) in [6.45, 7) is 0.0823. The third-order valence-electron chi connectivity index (χ3n) is 13.7. The van der Waals surface area contributed by atoms with Crippen LogP contribution < -0.4 is 16.4 Å². The van der Waals surface area contributed by atoms with E-state index in [0.717, 1.165) is 11.4 Å². The molecule has 5 heteroatoms. The van der Waals surface area contributed by atoms with Gasteiger partial charge in [-0.15, -0.1) is 0 Å². The van der Waals surface area contributed by atoms with E-state index < -0.39 is 0 Å². The summed E-state index contributed by atoms with van der Waals surface area (Å²) in [4.78, 5) is 0. The Kier molecular flexibility index (Phi) is 5.46. The maximum atomic E-state index is 2.67. The minimum atomic E-state index is 0.0823. The topological polar surface area (TPSA) is 19.7 Å². The maximum Gasteiger partial charge on any atom is 0.252 e. The summed E-state index contributed by atoms with van der Waals surface area (Å²) in [5.74, 6) is 0. The highest BCUT2D eigenvalue weighted by Crippen LogP contribution is 2.50. The summed E-state index contributed by atoms with van der Waals surface area (Å²) in [6, 6.07) is 70.1. The molecular weight excluding hydrogens is 715 g/mol. The van der Waals surface area contributed by atoms with Gasteiger partial charge in [-0.25, -0.2) is 0 Å². The van der Waals surface area contributed by atoms with Crippen LogP contribution in [0, 0.1) is 0 Å². The largest absolute Gasteiger partial charge is 0.310 e. The van der Waals surface area contributed by atoms with Crippen molar-refractivity contribution in [2.24, 2.45) is 0 Å². The van der Waals surface area contributed by atoms with Crippen LogP contribution in [0.1, 0.15) is 0 Å². The average Bonchev–Trinajstić information content (AvgIpc) is 4.03. The van der Waals surface area contributed by atoms with Crippen LogP contribution in [0.15, 0.2) is 188 Å². The number of benzene rings is 9. The maximum absolute atomic E-state index is 2.67. The second-order valence-electron chi connectivity index (χ2n) is 16.4. The molecule has 13 aromatic rings. The van der Waals surface area contributed by atoms with Crippen LogP contribution >= 0.6 is 0 Å². The van der Waals surface area contributed by atoms with Crippen molar-refractivity contribution in [1.82, 2.24) is 18.3 Å². The summed E-state index contributed by atoms with van der Waals surface area (Å²) in [5, 5.41) is 10.3. The quantitative estimate of drug-likeness (QED) is 0.157. The van der Waals surface area contributed by atoms with Gasteiger partial charge in [-0.2, -0.15) is 0 Å². The van der Waals surface area contributed by atoms with E-state index in [-0.39, 0.29) is 6.71 Å². The second kappa shape index (κ2) is 10.6. The SMILES string of the molecule is c1ccc(-n2c3ccccc3c3c2c2c4cccc5c4n(c2c2c4ccccc4n(-c4ccccc4)c32)-c2cccc3c2B5c2cccc4c5ccccc5n-3c24)cc1. The van der Waals surface area contributed by atoms with Gasteiger partial charge in [0.25, 0.3) is 6.71 Å². The van der Waals surface area contributed by atoms with Crippen LogP contribution in [0.3, 0.4) is 0 Å². The molecule has 0 saturated carbocycles. The highest BCUT2D eigenvalue weighted by molar-refractivity contribution is 7.00. The average molecular weight is 747 g/mol. The monoisotopic (exact) mass is 746 g/mol. The van der Waals surface area contributed by atoms with Gasteiger partial charge in [0.05, 0.1) is 33.1 Å². The normalized spacial score (nSPS) is 13.1. The van der Waals surface area contributed by atoms with E-state index >= 15 is 0 Å². The zero-order valence-electron chi connectivity index (χ0n) is 31.8. The predicted molar refractivity (Wildman–Crippen MR) is 248 cm³/mol. The molecule has 0 bridgehead atoms. The van der Waals surface area contributed by atoms with E-state index in [4.69, 9.17) is 0 Å². The molecular formula is C54H31BN4. The van der Waals surface area contributed by atoms with Crippen molar-refractivity contribution < 1.29 is 0 Å². The number of rotatable bonds is 2. The molecule has 0 fully saturated rings. The zero-order valence-corrected chi connectivity index (χ0v) is 31.8. The van der Waals surface area contributed by atoms with Crippen molar-refractivity contribution in [2.75, 3.05) is 0 Å². The van der Waals surface area contributed by atoms with Crippen molar-refractivity contribution in [3.05, 3.63) is 188 Å². The summed E-state index contributed by atoms with van der Waals surface area (Å²) in [7, 11) is 0. The predicted octanol–water partition coefficient (Wildman–Crippen LogP) is 11.2. The Labute approximate surface area is 338 Å². The summed E-state index contributed by atoms with van der Waals surface area (Å²) in [6.07, 6.45) is 0. The second-order valence-corrected chi connectivity index (χ2v) is 16.4. The first kappa shape index (κ1) is 30.4. The fourth-order valence-corrected chi connectivity index (χ4v) is 11.7. The number of nitrogens with zero attached hydrogens (tertiary/aromatic N) is 4. The molecule has 0 unspecified atom stereocenters. The molecule has 0 aliphatic carbocycles. The Morgan fingerprint density at radius 1 is 0.271 bits per heavy atom. The van der Waals surface area contributed by atoms with E-state index in [0.29, 0.717) is 0 Å². The molecule has 270 valence electrons. The van der Waals surface area contributed by atoms with Crippen LogP contribution in [-0.2, 0) is 0 Å². The Hall–Kier alpha value is -7.76. The van der Waals surface area contributed by atoms with Crippen LogP contribution in [0.5, 0.6) is 0 Å². The Morgan fingerprint density at radius 3 is 1.27 bits per heavy atom. The lowest BCUT2D eigenvalue weighted by Gasteiger charge is -2.33. The van der Waals surface area contributed by atoms with Crippen molar-refractivity contribution >= 4 is 110 Å². The first-order chi connectivity index (χ1) is 29.4. The molecule has 0 amide bonds. The zero-order chi connectivity index (χ0) is 38.1. The van der Waals surface area contributed by atoms with Gasteiger partial charge in [0.1, 0.15) is 0 Å². The molecule has 2 aliphatic rings. The molecule has 6 heterocycles. The number of aromatic nitrogens is 4. The van der Waals surface area contributed by atoms with Gasteiger partial charge in [0.15, 0.2) is 0 Å². The summed E-state index contributed by atoms with van der Waals surface area (Å²) >= 11 is 0. The summed E-state index contributed by atoms with van der Waals surface area (Å²) < 4.78 is 10.3. The minimum absolute atomic E-state index is 0.0823. The third kappa shape index (κ3) is 3.48. The van der Waals surface area contributed by atoms with Crippen LogP contribution in [0.2, 0.25) is 0 Å². The number of para-hydroxylation sites is 7. The van der Waals surface area contributed by atoms with E-state index in [1.807, 2.05) is 0 Å². The van der Waals surface area contributed by atoms with E-state index in [1.165, 1.54) is 115 Å². The molecule has 2 aliphatic heterocycles. The van der Waals surface area contributed by atoms with Crippen LogP contribution in [0.25, 0.3) is 110 Å². The Morgan fingerprint density at radius 2 is 0.678 bits per heavy atom. The molecule has 4 aromatic heterocycles. The van der Waals surface area contributed by atoms with E-state index in [1.54, 1.807) is 0 Å². The molecule has 0 radical (unpaired) electrons. The molecule has 15 rings (SSSR count). The van der Waals surface area contributed by atoms with Gasteiger partial charge < -0.3 is 18.3 Å². The molecule has 9 aromatic carbocycles. The lowest BCUT2D eigenvalue weighted by atomic mass is 9.34. The smallest absolute Gasteiger partial charge is 0.252 e. The van der Waals surface area contributed by atoms with Crippen molar-refractivity contribution in [1.29, 1.82) is 0 Å². The van der Waals surface area contributed by atoms with Gasteiger partial charge >= 0.3 is 0 Å². The fourth-order valence-electron chi connectivity index (χ4n) is 11.7. The Balaban J connectivity index is 1.26. The van der Waals surface area contributed by atoms with Gasteiger partial charge in [0, 0.05) is 76.9 Å². The lowest BCUT2D eigenvalue weighted by molar-refractivity contribution is 1.14. The van der Waals surface area contributed by atoms with Crippen molar-refractivity contribution in [3.8, 4) is 22.7 Å². The summed E-state index contributed by atoms with van der Waals surface area (Å²) in [5.41, 5.74) is 19.0. The fraction of sp³-hybridized carbons (Fsp3) is 0. The van der Waals surface area contributed by atoms with Crippen molar-refractivity contribution in [2.45, 2.75) is 0 Å². The number of fused-ring (bicyclic) bond motifs is 19. The van der Waals surface area contributed by atoms with Gasteiger partial charge in [-0.1, -0.05) is 133 Å². The van der Waals surface area contributed by atoms with Crippen LogP contribution in [-0.4, -0.2) is 25.0 Å². The third-order valence-corrected chi connectivity index (χ3v) is 13.7. The molecule has 4 nitrogen and oxygen atoms in total. The van der Waals surface area contributed by atoms with Crippen molar-refractivity contribution in [3.63, 3.8) is 0 Å². The molecule has 0 saturated heterocycles. The minimum Gasteiger partial charge on any atom is -0.310 e. The number of hydrogen-bond acceptors (Lipinski definition) is 0. The highest BCUT2D eigenvalue weighted by atomic mass is 15.1. The first-order valence-corrected chi connectivity index (χ1v) is 20.6. The van der Waals surface area contributed by atoms with E-state index in [9.17, 15) is 0 Å².